The lowest BCUT2D eigenvalue weighted by atomic mass is 9.99. The molecule has 3 N–H and O–H groups in total. The molecule has 1 aromatic heterocycles. The molecule has 0 spiro atoms. The molecule has 1 fully saturated rings. The molecule has 1 amide bonds. The molecule has 1 aliphatic rings. The molecule has 0 aromatic carbocycles. The van der Waals surface area contributed by atoms with Gasteiger partial charge in [0.2, 0.25) is 5.91 Å². The van der Waals surface area contributed by atoms with E-state index in [-0.39, 0.29) is 18.0 Å². The molecular weight excluding hydrogens is 258 g/mol. The molecule has 1 aromatic rings. The van der Waals surface area contributed by atoms with Gasteiger partial charge in [-0.25, -0.2) is 4.98 Å². The molecule has 4 nitrogen and oxygen atoms in total. The second kappa shape index (κ2) is 6.48. The van der Waals surface area contributed by atoms with Gasteiger partial charge in [0.25, 0.3) is 0 Å². The highest BCUT2D eigenvalue weighted by Crippen LogP contribution is 2.27. The molecule has 1 heterocycles. The fourth-order valence-corrected chi connectivity index (χ4v) is 3.46. The smallest absolute Gasteiger partial charge is 0.220 e. The molecule has 3 atom stereocenters. The Kier molecular flexibility index (Phi) is 4.93. The molecule has 1 aliphatic carbocycles. The number of nitrogens with zero attached hydrogens (tertiary/aromatic N) is 1. The summed E-state index contributed by atoms with van der Waals surface area (Å²) < 4.78 is 0. The van der Waals surface area contributed by atoms with E-state index in [1.165, 1.54) is 0 Å². The lowest BCUT2D eigenvalue weighted by Gasteiger charge is -2.17. The fourth-order valence-electron chi connectivity index (χ4n) is 2.62. The summed E-state index contributed by atoms with van der Waals surface area (Å²) in [4.78, 5) is 16.5. The standard InChI is InChI=1S/C14H23N3OS/c1-3-14-17-12(8-19-14)9(2)16-13(18)7-10-5-4-6-11(10)15/h8-11H,3-7,15H2,1-2H3,(H,16,18)/t9?,10-,11+/m0/s1. The van der Waals surface area contributed by atoms with Gasteiger partial charge in [-0.2, -0.15) is 0 Å². The van der Waals surface area contributed by atoms with Gasteiger partial charge in [0.05, 0.1) is 16.7 Å². The van der Waals surface area contributed by atoms with Gasteiger partial charge < -0.3 is 11.1 Å². The number of carbonyl (C=O) groups excluding carboxylic acids is 1. The van der Waals surface area contributed by atoms with Crippen molar-refractivity contribution in [3.63, 3.8) is 0 Å². The van der Waals surface area contributed by atoms with E-state index in [1.807, 2.05) is 12.3 Å². The normalized spacial score (nSPS) is 24.4. The average Bonchev–Trinajstić information content (AvgIpc) is 2.99. The van der Waals surface area contributed by atoms with Crippen LogP contribution in [-0.4, -0.2) is 16.9 Å². The Hall–Kier alpha value is -0.940. The molecule has 0 radical (unpaired) electrons. The van der Waals surface area contributed by atoms with Gasteiger partial charge >= 0.3 is 0 Å². The van der Waals surface area contributed by atoms with Crippen LogP contribution in [-0.2, 0) is 11.2 Å². The monoisotopic (exact) mass is 281 g/mol. The van der Waals surface area contributed by atoms with Crippen LogP contribution in [0.4, 0.5) is 0 Å². The average molecular weight is 281 g/mol. The largest absolute Gasteiger partial charge is 0.348 e. The van der Waals surface area contributed by atoms with Crippen molar-refractivity contribution in [1.29, 1.82) is 0 Å². The summed E-state index contributed by atoms with van der Waals surface area (Å²) in [7, 11) is 0. The molecule has 106 valence electrons. The number of aromatic nitrogens is 1. The number of aryl methyl sites for hydroxylation is 1. The Balaban J connectivity index is 1.84. The van der Waals surface area contributed by atoms with E-state index < -0.39 is 0 Å². The van der Waals surface area contributed by atoms with Gasteiger partial charge in [0.1, 0.15) is 0 Å². The third-order valence-corrected chi connectivity index (χ3v) is 4.87. The molecule has 0 bridgehead atoms. The highest BCUT2D eigenvalue weighted by molar-refractivity contribution is 7.09. The van der Waals surface area contributed by atoms with Gasteiger partial charge in [-0.1, -0.05) is 13.3 Å². The highest BCUT2D eigenvalue weighted by Gasteiger charge is 2.26. The van der Waals surface area contributed by atoms with Crippen LogP contribution in [0.25, 0.3) is 0 Å². The summed E-state index contributed by atoms with van der Waals surface area (Å²) in [6.45, 7) is 4.08. The van der Waals surface area contributed by atoms with Crippen LogP contribution in [0.3, 0.4) is 0 Å². The van der Waals surface area contributed by atoms with Crippen LogP contribution in [0.2, 0.25) is 0 Å². The number of rotatable bonds is 5. The van der Waals surface area contributed by atoms with Crippen molar-refractivity contribution in [3.05, 3.63) is 16.1 Å². The van der Waals surface area contributed by atoms with Crippen LogP contribution in [0.5, 0.6) is 0 Å². The first kappa shape index (κ1) is 14.5. The Morgan fingerprint density at radius 3 is 3.00 bits per heavy atom. The SMILES string of the molecule is CCc1nc(C(C)NC(=O)C[C@@H]2CCC[C@H]2N)cs1. The van der Waals surface area contributed by atoms with E-state index in [9.17, 15) is 4.79 Å². The summed E-state index contributed by atoms with van der Waals surface area (Å²) in [6, 6.07) is 0.189. The maximum atomic E-state index is 12.0. The summed E-state index contributed by atoms with van der Waals surface area (Å²) in [5, 5.41) is 6.18. The fraction of sp³-hybridized carbons (Fsp3) is 0.714. The number of nitrogens with one attached hydrogen (secondary N) is 1. The van der Waals surface area contributed by atoms with Crippen LogP contribution in [0, 0.1) is 5.92 Å². The summed E-state index contributed by atoms with van der Waals surface area (Å²) in [5.74, 6) is 0.453. The highest BCUT2D eigenvalue weighted by atomic mass is 32.1. The van der Waals surface area contributed by atoms with Crippen molar-refractivity contribution < 1.29 is 4.79 Å². The minimum absolute atomic E-state index is 0.0123. The first-order chi connectivity index (χ1) is 9.10. The molecular formula is C14H23N3OS. The lowest BCUT2D eigenvalue weighted by molar-refractivity contribution is -0.122. The van der Waals surface area contributed by atoms with E-state index >= 15 is 0 Å². The van der Waals surface area contributed by atoms with Crippen LogP contribution in [0.1, 0.15) is 56.3 Å². The van der Waals surface area contributed by atoms with Crippen molar-refractivity contribution in [2.45, 2.75) is 58.0 Å². The van der Waals surface area contributed by atoms with E-state index in [0.29, 0.717) is 12.3 Å². The molecule has 19 heavy (non-hydrogen) atoms. The van der Waals surface area contributed by atoms with E-state index in [0.717, 1.165) is 36.4 Å². The minimum Gasteiger partial charge on any atom is -0.348 e. The Labute approximate surface area is 118 Å². The van der Waals surface area contributed by atoms with Gasteiger partial charge in [0, 0.05) is 17.8 Å². The zero-order valence-electron chi connectivity index (χ0n) is 11.7. The predicted octanol–water partition coefficient (Wildman–Crippen LogP) is 2.40. The third kappa shape index (κ3) is 3.76. The second-order valence-electron chi connectivity index (χ2n) is 5.37. The number of thiazole rings is 1. The van der Waals surface area contributed by atoms with Crippen molar-refractivity contribution in [1.82, 2.24) is 10.3 Å². The maximum Gasteiger partial charge on any atom is 0.220 e. The van der Waals surface area contributed by atoms with Gasteiger partial charge in [-0.15, -0.1) is 11.3 Å². The van der Waals surface area contributed by atoms with Crippen LogP contribution in [0.15, 0.2) is 5.38 Å². The van der Waals surface area contributed by atoms with Crippen LogP contribution >= 0.6 is 11.3 Å². The zero-order valence-corrected chi connectivity index (χ0v) is 12.5. The minimum atomic E-state index is -0.0123. The lowest BCUT2D eigenvalue weighted by Crippen LogP contribution is -2.33. The Morgan fingerprint density at radius 1 is 1.63 bits per heavy atom. The zero-order chi connectivity index (χ0) is 13.8. The van der Waals surface area contributed by atoms with Gasteiger partial charge in [0.15, 0.2) is 0 Å². The molecule has 0 aliphatic heterocycles. The second-order valence-corrected chi connectivity index (χ2v) is 6.31. The maximum absolute atomic E-state index is 12.0. The van der Waals surface area contributed by atoms with Gasteiger partial charge in [-0.3, -0.25) is 4.79 Å². The summed E-state index contributed by atoms with van der Waals surface area (Å²) in [6.07, 6.45) is 4.79. The first-order valence-corrected chi connectivity index (χ1v) is 7.97. The van der Waals surface area contributed by atoms with Crippen molar-refractivity contribution in [2.75, 3.05) is 0 Å². The predicted molar refractivity (Wildman–Crippen MR) is 78.0 cm³/mol. The van der Waals surface area contributed by atoms with E-state index in [1.54, 1.807) is 11.3 Å². The number of amides is 1. The quantitative estimate of drug-likeness (QED) is 0.871. The van der Waals surface area contributed by atoms with Crippen LogP contribution < -0.4 is 11.1 Å². The molecule has 5 heteroatoms. The molecule has 0 saturated heterocycles. The van der Waals surface area contributed by atoms with E-state index in [2.05, 4.69) is 17.2 Å². The third-order valence-electron chi connectivity index (χ3n) is 3.86. The van der Waals surface area contributed by atoms with E-state index in [4.69, 9.17) is 5.73 Å². The van der Waals surface area contributed by atoms with Gasteiger partial charge in [-0.05, 0) is 32.1 Å². The summed E-state index contributed by atoms with van der Waals surface area (Å²) >= 11 is 1.66. The molecule has 1 unspecified atom stereocenters. The molecule has 1 saturated carbocycles. The molecule has 2 rings (SSSR count). The first-order valence-electron chi connectivity index (χ1n) is 7.09. The van der Waals surface area contributed by atoms with Crippen molar-refractivity contribution in [2.24, 2.45) is 11.7 Å². The Morgan fingerprint density at radius 2 is 2.42 bits per heavy atom. The Bertz CT molecular complexity index is 432. The van der Waals surface area contributed by atoms with Crippen molar-refractivity contribution in [3.8, 4) is 0 Å². The number of hydrogen-bond acceptors (Lipinski definition) is 4. The topological polar surface area (TPSA) is 68.0 Å². The number of carbonyl (C=O) groups is 1. The number of nitrogens with two attached hydrogens (primary N) is 1. The number of hydrogen-bond donors (Lipinski definition) is 2. The summed E-state index contributed by atoms with van der Waals surface area (Å²) in [5.41, 5.74) is 6.96. The van der Waals surface area contributed by atoms with Crippen molar-refractivity contribution >= 4 is 17.2 Å².